The fourth-order valence-electron chi connectivity index (χ4n) is 3.88. The fourth-order valence-corrected chi connectivity index (χ4v) is 3.88. The largest absolute Gasteiger partial charge is 0.393 e. The van der Waals surface area contributed by atoms with Crippen molar-refractivity contribution in [1.29, 1.82) is 0 Å². The second-order valence-electron chi connectivity index (χ2n) is 5.93. The SMILES string of the molecule is CCC1CC[C@H]2[C@H](n3ccc(=O)[nH]c3=O)O[C@]1(CO)[C@H]2O. The Bertz CT molecular complexity index is 639. The predicted molar refractivity (Wildman–Crippen MR) is 73.8 cm³/mol. The number of H-pyrrole nitrogens is 1. The molecule has 1 saturated carbocycles. The predicted octanol–water partition coefficient (Wildman–Crippen LogP) is -0.406. The second kappa shape index (κ2) is 5.08. The Kier molecular flexibility index (Phi) is 3.51. The minimum Gasteiger partial charge on any atom is -0.393 e. The summed E-state index contributed by atoms with van der Waals surface area (Å²) in [5.41, 5.74) is -2.05. The minimum atomic E-state index is -1.02. The highest BCUT2D eigenvalue weighted by molar-refractivity contribution is 5.08. The molecule has 1 aromatic heterocycles. The summed E-state index contributed by atoms with van der Waals surface area (Å²) in [5, 5.41) is 20.4. The van der Waals surface area contributed by atoms with E-state index in [1.165, 1.54) is 16.8 Å². The molecule has 1 aromatic rings. The van der Waals surface area contributed by atoms with Crippen LogP contribution in [-0.2, 0) is 4.74 Å². The van der Waals surface area contributed by atoms with Crippen LogP contribution in [0.25, 0.3) is 0 Å². The summed E-state index contributed by atoms with van der Waals surface area (Å²) in [4.78, 5) is 25.3. The molecular weight excluding hydrogens is 276 g/mol. The van der Waals surface area contributed by atoms with Crippen molar-refractivity contribution in [2.75, 3.05) is 6.61 Å². The first-order valence-corrected chi connectivity index (χ1v) is 7.31. The summed E-state index contributed by atoms with van der Waals surface area (Å²) in [6, 6.07) is 1.25. The van der Waals surface area contributed by atoms with Crippen molar-refractivity contribution in [2.45, 2.75) is 44.1 Å². The van der Waals surface area contributed by atoms with Gasteiger partial charge in [-0.25, -0.2) is 4.79 Å². The van der Waals surface area contributed by atoms with Crippen LogP contribution in [0.5, 0.6) is 0 Å². The van der Waals surface area contributed by atoms with E-state index in [1.807, 2.05) is 6.92 Å². The van der Waals surface area contributed by atoms with Crippen LogP contribution in [0.15, 0.2) is 21.9 Å². The van der Waals surface area contributed by atoms with Crippen molar-refractivity contribution < 1.29 is 14.9 Å². The van der Waals surface area contributed by atoms with Crippen LogP contribution >= 0.6 is 0 Å². The Hall–Kier alpha value is -1.44. The van der Waals surface area contributed by atoms with E-state index in [9.17, 15) is 19.8 Å². The maximum Gasteiger partial charge on any atom is 0.330 e. The third-order valence-electron chi connectivity index (χ3n) is 5.02. The quantitative estimate of drug-likeness (QED) is 0.703. The van der Waals surface area contributed by atoms with Gasteiger partial charge in [-0.3, -0.25) is 14.3 Å². The van der Waals surface area contributed by atoms with Crippen molar-refractivity contribution in [1.82, 2.24) is 9.55 Å². The first kappa shape index (κ1) is 14.5. The zero-order chi connectivity index (χ0) is 15.2. The van der Waals surface area contributed by atoms with Gasteiger partial charge in [0.05, 0.1) is 12.7 Å². The van der Waals surface area contributed by atoms with Crippen LogP contribution in [0.3, 0.4) is 0 Å². The zero-order valence-corrected chi connectivity index (χ0v) is 11.9. The topological polar surface area (TPSA) is 105 Å². The molecule has 3 N–H and O–H groups in total. The Morgan fingerprint density at radius 1 is 1.48 bits per heavy atom. The van der Waals surface area contributed by atoms with Crippen LogP contribution in [-0.4, -0.2) is 38.1 Å². The number of ether oxygens (including phenoxy) is 1. The molecule has 1 unspecified atom stereocenters. The van der Waals surface area contributed by atoms with Gasteiger partial charge in [-0.05, 0) is 18.8 Å². The number of aliphatic hydroxyl groups excluding tert-OH is 2. The number of hydrogen-bond donors (Lipinski definition) is 3. The zero-order valence-electron chi connectivity index (χ0n) is 11.9. The molecule has 0 aromatic carbocycles. The molecule has 1 saturated heterocycles. The second-order valence-corrected chi connectivity index (χ2v) is 5.93. The van der Waals surface area contributed by atoms with Gasteiger partial charge >= 0.3 is 5.69 Å². The lowest BCUT2D eigenvalue weighted by atomic mass is 9.70. The maximum atomic E-state index is 11.9. The lowest BCUT2D eigenvalue weighted by Crippen LogP contribution is -2.53. The fraction of sp³-hybridized carbons (Fsp3) is 0.714. The van der Waals surface area contributed by atoms with Gasteiger partial charge in [0.15, 0.2) is 0 Å². The van der Waals surface area contributed by atoms with Gasteiger partial charge in [-0.1, -0.05) is 13.3 Å². The van der Waals surface area contributed by atoms with E-state index in [-0.39, 0.29) is 18.4 Å². The summed E-state index contributed by atoms with van der Waals surface area (Å²) < 4.78 is 7.28. The molecule has 2 fully saturated rings. The minimum absolute atomic E-state index is 0.0530. The highest BCUT2D eigenvalue weighted by Gasteiger charge is 2.60. The van der Waals surface area contributed by atoms with E-state index in [0.717, 1.165) is 19.3 Å². The molecular formula is C14H20N2O5. The van der Waals surface area contributed by atoms with Gasteiger partial charge in [0, 0.05) is 18.2 Å². The van der Waals surface area contributed by atoms with Crippen LogP contribution in [0.1, 0.15) is 32.4 Å². The summed E-state index contributed by atoms with van der Waals surface area (Å²) in [6.07, 6.45) is 2.26. The highest BCUT2D eigenvalue weighted by Crippen LogP contribution is 2.53. The van der Waals surface area contributed by atoms with Crippen LogP contribution in [0.2, 0.25) is 0 Å². The molecule has 1 aliphatic heterocycles. The van der Waals surface area contributed by atoms with Crippen LogP contribution in [0, 0.1) is 11.8 Å². The third kappa shape index (κ3) is 1.99. The van der Waals surface area contributed by atoms with Gasteiger partial charge in [0.25, 0.3) is 5.56 Å². The highest BCUT2D eigenvalue weighted by atomic mass is 16.6. The molecule has 3 rings (SSSR count). The van der Waals surface area contributed by atoms with E-state index < -0.39 is 29.2 Å². The molecule has 2 heterocycles. The van der Waals surface area contributed by atoms with E-state index in [2.05, 4.69) is 4.98 Å². The number of aromatic amines is 1. The van der Waals surface area contributed by atoms with Gasteiger partial charge in [0.1, 0.15) is 11.8 Å². The van der Waals surface area contributed by atoms with Gasteiger partial charge in [-0.15, -0.1) is 0 Å². The number of nitrogens with zero attached hydrogens (tertiary/aromatic N) is 1. The Balaban J connectivity index is 2.03. The first-order valence-electron chi connectivity index (χ1n) is 7.31. The Morgan fingerprint density at radius 3 is 2.86 bits per heavy atom. The molecule has 1 aliphatic carbocycles. The Morgan fingerprint density at radius 2 is 2.24 bits per heavy atom. The standard InChI is InChI=1S/C14H20N2O5/c1-2-8-3-4-9-11(19)14(8,7-17)21-12(9)16-6-5-10(18)15-13(16)20/h5-6,8-9,11-12,17,19H,2-4,7H2,1H3,(H,15,18,20)/t8?,9-,11+,12-,14+/m1/s1. The van der Waals surface area contributed by atoms with Crippen LogP contribution in [0.4, 0.5) is 0 Å². The molecule has 0 spiro atoms. The molecule has 116 valence electrons. The summed E-state index contributed by atoms with van der Waals surface area (Å²) in [6.45, 7) is 1.72. The van der Waals surface area contributed by atoms with E-state index in [0.29, 0.717) is 0 Å². The summed E-state index contributed by atoms with van der Waals surface area (Å²) in [5.74, 6) is -0.208. The average Bonchev–Trinajstić information content (AvgIpc) is 2.65. The van der Waals surface area contributed by atoms with Crippen LogP contribution < -0.4 is 11.2 Å². The normalized spacial score (nSPS) is 38.6. The maximum absolute atomic E-state index is 11.9. The third-order valence-corrected chi connectivity index (χ3v) is 5.02. The number of hydrogen-bond acceptors (Lipinski definition) is 5. The van der Waals surface area contributed by atoms with Gasteiger partial charge in [-0.2, -0.15) is 0 Å². The van der Waals surface area contributed by atoms with E-state index in [1.54, 1.807) is 0 Å². The van der Waals surface area contributed by atoms with Crippen molar-refractivity contribution >= 4 is 0 Å². The molecule has 7 nitrogen and oxygen atoms in total. The summed E-state index contributed by atoms with van der Waals surface area (Å²) in [7, 11) is 0. The molecule has 0 amide bonds. The number of aromatic nitrogens is 2. The van der Waals surface area contributed by atoms with Gasteiger partial charge < -0.3 is 14.9 Å². The molecule has 2 aliphatic rings. The number of nitrogens with one attached hydrogen (secondary N) is 1. The van der Waals surface area contributed by atoms with Gasteiger partial charge in [0.2, 0.25) is 0 Å². The van der Waals surface area contributed by atoms with E-state index >= 15 is 0 Å². The molecule has 0 radical (unpaired) electrons. The monoisotopic (exact) mass is 296 g/mol. The average molecular weight is 296 g/mol. The Labute approximate surface area is 121 Å². The number of aliphatic hydroxyl groups is 2. The van der Waals surface area contributed by atoms with Crippen molar-refractivity contribution in [3.8, 4) is 0 Å². The van der Waals surface area contributed by atoms with Crippen molar-refractivity contribution in [3.05, 3.63) is 33.1 Å². The van der Waals surface area contributed by atoms with Crippen molar-refractivity contribution in [2.24, 2.45) is 11.8 Å². The molecule has 7 heteroatoms. The smallest absolute Gasteiger partial charge is 0.330 e. The molecule has 5 atom stereocenters. The first-order chi connectivity index (χ1) is 10.0. The number of rotatable bonds is 3. The molecule has 2 bridgehead atoms. The van der Waals surface area contributed by atoms with Crippen molar-refractivity contribution in [3.63, 3.8) is 0 Å². The molecule has 21 heavy (non-hydrogen) atoms. The number of fused-ring (bicyclic) bond motifs is 2. The lowest BCUT2D eigenvalue weighted by Gasteiger charge is -2.41. The lowest BCUT2D eigenvalue weighted by molar-refractivity contribution is -0.162. The summed E-state index contributed by atoms with van der Waals surface area (Å²) >= 11 is 0. The van der Waals surface area contributed by atoms with E-state index in [4.69, 9.17) is 4.74 Å².